The number of carbonyl (C=O) groups excluding carboxylic acids is 1. The van der Waals surface area contributed by atoms with E-state index in [0.29, 0.717) is 29.6 Å². The SMILES string of the molecule is CC(C)C1CCC23CCC4(C)C5(C)CCC6C(C)(CO)C(O)CCC6(C)C5CCC4(OC2=O)C13. The lowest BCUT2D eigenvalue weighted by atomic mass is 9.31. The number of aliphatic hydroxyl groups is 2. The van der Waals surface area contributed by atoms with E-state index in [2.05, 4.69) is 41.5 Å². The van der Waals surface area contributed by atoms with E-state index in [0.717, 1.165) is 57.8 Å². The number of carbonyl (C=O) groups is 1. The minimum atomic E-state index is -0.417. The molecule has 1 aliphatic heterocycles. The van der Waals surface area contributed by atoms with Crippen molar-refractivity contribution in [2.45, 2.75) is 117 Å². The Morgan fingerprint density at radius 3 is 2.29 bits per heavy atom. The van der Waals surface area contributed by atoms with Gasteiger partial charge in [0.1, 0.15) is 5.60 Å². The largest absolute Gasteiger partial charge is 0.458 e. The smallest absolute Gasteiger partial charge is 0.313 e. The Hall–Kier alpha value is -0.610. The highest BCUT2D eigenvalue weighted by molar-refractivity contribution is 5.82. The van der Waals surface area contributed by atoms with Gasteiger partial charge in [-0.25, -0.2) is 0 Å². The van der Waals surface area contributed by atoms with Crippen molar-refractivity contribution in [3.63, 3.8) is 0 Å². The molecule has 1 saturated heterocycles. The molecule has 11 atom stereocenters. The number of hydrogen-bond acceptors (Lipinski definition) is 4. The summed E-state index contributed by atoms with van der Waals surface area (Å²) in [4.78, 5) is 13.7. The van der Waals surface area contributed by atoms with Gasteiger partial charge < -0.3 is 14.9 Å². The van der Waals surface area contributed by atoms with E-state index in [1.807, 2.05) is 0 Å². The Bertz CT molecular complexity index is 900. The van der Waals surface area contributed by atoms with Crippen LogP contribution in [0.5, 0.6) is 0 Å². The van der Waals surface area contributed by atoms with Crippen LogP contribution in [-0.2, 0) is 9.53 Å². The van der Waals surface area contributed by atoms with E-state index in [1.54, 1.807) is 0 Å². The summed E-state index contributed by atoms with van der Waals surface area (Å²) in [5, 5.41) is 21.4. The first-order valence-corrected chi connectivity index (χ1v) is 14.4. The molecule has 2 N–H and O–H groups in total. The lowest BCUT2D eigenvalue weighted by Gasteiger charge is -2.73. The number of aliphatic hydroxyl groups excluding tert-OH is 2. The Labute approximate surface area is 206 Å². The molecule has 4 heteroatoms. The zero-order chi connectivity index (χ0) is 24.5. The summed E-state index contributed by atoms with van der Waals surface area (Å²) in [6.45, 7) is 14.5. The van der Waals surface area contributed by atoms with Gasteiger partial charge in [-0.15, -0.1) is 0 Å². The summed E-state index contributed by atoms with van der Waals surface area (Å²) in [7, 11) is 0. The Kier molecular flexibility index (Phi) is 4.77. The first kappa shape index (κ1) is 23.8. The molecule has 11 unspecified atom stereocenters. The maximum absolute atomic E-state index is 13.7. The predicted molar refractivity (Wildman–Crippen MR) is 132 cm³/mol. The van der Waals surface area contributed by atoms with Crippen LogP contribution >= 0.6 is 0 Å². The van der Waals surface area contributed by atoms with Gasteiger partial charge >= 0.3 is 5.97 Å². The molecule has 0 aromatic rings. The monoisotopic (exact) mass is 472 g/mol. The number of ether oxygens (including phenoxy) is 1. The topological polar surface area (TPSA) is 66.8 Å². The fourth-order valence-electron chi connectivity index (χ4n) is 12.2. The second kappa shape index (κ2) is 6.82. The van der Waals surface area contributed by atoms with Crippen molar-refractivity contribution in [1.29, 1.82) is 0 Å². The third-order valence-electron chi connectivity index (χ3n) is 14.2. The third kappa shape index (κ3) is 2.30. The molecule has 0 radical (unpaired) electrons. The van der Waals surface area contributed by atoms with E-state index in [1.165, 1.54) is 6.42 Å². The zero-order valence-electron chi connectivity index (χ0n) is 22.5. The number of rotatable bonds is 2. The van der Waals surface area contributed by atoms with Crippen molar-refractivity contribution < 1.29 is 19.7 Å². The van der Waals surface area contributed by atoms with Crippen molar-refractivity contribution in [3.05, 3.63) is 0 Å². The number of hydrogen-bond donors (Lipinski definition) is 2. The van der Waals surface area contributed by atoms with Crippen molar-refractivity contribution >= 4 is 5.97 Å². The average molecular weight is 473 g/mol. The molecule has 2 bridgehead atoms. The first-order valence-electron chi connectivity index (χ1n) is 14.4. The van der Waals surface area contributed by atoms with Crippen LogP contribution in [0.1, 0.15) is 106 Å². The minimum absolute atomic E-state index is 0.0135. The van der Waals surface area contributed by atoms with Gasteiger partial charge in [0.2, 0.25) is 0 Å². The molecule has 0 aromatic carbocycles. The van der Waals surface area contributed by atoms with E-state index >= 15 is 0 Å². The quantitative estimate of drug-likeness (QED) is 0.503. The molecule has 34 heavy (non-hydrogen) atoms. The highest BCUT2D eigenvalue weighted by Gasteiger charge is 2.82. The fourth-order valence-corrected chi connectivity index (χ4v) is 12.2. The molecule has 5 aliphatic carbocycles. The minimum Gasteiger partial charge on any atom is -0.458 e. The van der Waals surface area contributed by atoms with Crippen LogP contribution in [0.15, 0.2) is 0 Å². The summed E-state index contributed by atoms with van der Waals surface area (Å²) in [5.41, 5.74) is -0.741. The van der Waals surface area contributed by atoms with Crippen LogP contribution in [0.4, 0.5) is 0 Å². The molecule has 1 heterocycles. The second-order valence-electron chi connectivity index (χ2n) is 15.0. The maximum atomic E-state index is 13.7. The summed E-state index contributed by atoms with van der Waals surface area (Å²) in [6, 6.07) is 0. The van der Waals surface area contributed by atoms with Gasteiger partial charge in [0.25, 0.3) is 0 Å². The Balaban J connectivity index is 1.46. The predicted octanol–water partition coefficient (Wildman–Crippen LogP) is 5.74. The van der Waals surface area contributed by atoms with E-state index in [-0.39, 0.29) is 39.8 Å². The van der Waals surface area contributed by atoms with Crippen LogP contribution in [0.25, 0.3) is 0 Å². The second-order valence-corrected chi connectivity index (χ2v) is 15.0. The molecule has 0 amide bonds. The van der Waals surface area contributed by atoms with Gasteiger partial charge in [0.15, 0.2) is 0 Å². The molecule has 1 spiro atoms. The average Bonchev–Trinajstić information content (AvgIpc) is 3.27. The van der Waals surface area contributed by atoms with E-state index in [9.17, 15) is 15.0 Å². The molecule has 6 rings (SSSR count). The highest BCUT2D eigenvalue weighted by atomic mass is 16.6. The molecule has 6 fully saturated rings. The van der Waals surface area contributed by atoms with Crippen LogP contribution in [0.3, 0.4) is 0 Å². The fraction of sp³-hybridized carbons (Fsp3) is 0.967. The lowest BCUT2D eigenvalue weighted by Crippen LogP contribution is -2.72. The molecule has 4 nitrogen and oxygen atoms in total. The van der Waals surface area contributed by atoms with E-state index in [4.69, 9.17) is 4.74 Å². The van der Waals surface area contributed by atoms with Gasteiger partial charge in [0.05, 0.1) is 18.1 Å². The summed E-state index contributed by atoms with van der Waals surface area (Å²) < 4.78 is 6.76. The molecule has 6 aliphatic rings. The summed E-state index contributed by atoms with van der Waals surface area (Å²) in [5.74, 6) is 2.57. The lowest BCUT2D eigenvalue weighted by molar-refractivity contribution is -0.287. The van der Waals surface area contributed by atoms with Crippen molar-refractivity contribution in [2.75, 3.05) is 6.61 Å². The molecular weight excluding hydrogens is 424 g/mol. The Morgan fingerprint density at radius 2 is 1.62 bits per heavy atom. The maximum Gasteiger partial charge on any atom is 0.313 e. The van der Waals surface area contributed by atoms with Crippen LogP contribution in [0.2, 0.25) is 0 Å². The van der Waals surface area contributed by atoms with Gasteiger partial charge in [-0.05, 0) is 98.7 Å². The van der Waals surface area contributed by atoms with Gasteiger partial charge in [0, 0.05) is 16.7 Å². The number of esters is 1. The van der Waals surface area contributed by atoms with Crippen molar-refractivity contribution in [1.82, 2.24) is 0 Å². The summed E-state index contributed by atoms with van der Waals surface area (Å²) in [6.07, 6.45) is 10.0. The van der Waals surface area contributed by atoms with Gasteiger partial charge in [-0.3, -0.25) is 4.79 Å². The van der Waals surface area contributed by atoms with Crippen LogP contribution in [0, 0.1) is 56.7 Å². The van der Waals surface area contributed by atoms with Crippen molar-refractivity contribution in [2.24, 2.45) is 56.7 Å². The first-order chi connectivity index (χ1) is 15.9. The normalized spacial score (nSPS) is 60.3. The highest BCUT2D eigenvalue weighted by Crippen LogP contribution is 2.81. The standard InChI is InChI=1S/C30H48O4/c1-18(2)19-7-13-29-16-15-28(6)27(5)12-8-20-25(3,11-10-22(32)26(20,4)17-31)21(27)9-14-30(28,23(19)29)34-24(29)33/h18-23,31-32H,7-17H2,1-6H3. The Morgan fingerprint density at radius 1 is 0.912 bits per heavy atom. The number of fused-ring (bicyclic) bond motifs is 4. The summed E-state index contributed by atoms with van der Waals surface area (Å²) >= 11 is 0. The van der Waals surface area contributed by atoms with E-state index < -0.39 is 11.5 Å². The molecule has 192 valence electrons. The third-order valence-corrected chi connectivity index (χ3v) is 14.2. The zero-order valence-corrected chi connectivity index (χ0v) is 22.5. The van der Waals surface area contributed by atoms with Crippen LogP contribution in [-0.4, -0.2) is 34.5 Å². The van der Waals surface area contributed by atoms with Gasteiger partial charge in [-0.2, -0.15) is 0 Å². The van der Waals surface area contributed by atoms with Crippen LogP contribution < -0.4 is 0 Å². The molecule has 5 saturated carbocycles. The molecular formula is C30H48O4. The van der Waals surface area contributed by atoms with Crippen molar-refractivity contribution in [3.8, 4) is 0 Å². The molecule has 0 aromatic heterocycles. The van der Waals surface area contributed by atoms with Gasteiger partial charge in [-0.1, -0.05) is 41.5 Å².